The Kier molecular flexibility index (Phi) is 4.47. The van der Waals surface area contributed by atoms with Gasteiger partial charge in [0.25, 0.3) is 0 Å². The van der Waals surface area contributed by atoms with Gasteiger partial charge in [0.05, 0.1) is 11.1 Å². The van der Waals surface area contributed by atoms with Crippen LogP contribution in [0.15, 0.2) is 59.1 Å². The molecule has 0 bridgehead atoms. The van der Waals surface area contributed by atoms with Gasteiger partial charge in [0.15, 0.2) is 5.76 Å². The molecular weight excluding hydrogens is 371 g/mol. The average molecular weight is 387 g/mol. The minimum absolute atomic E-state index is 0.0246. The first kappa shape index (κ1) is 17.1. The molecular formula is C20H16Cl2N2O2. The van der Waals surface area contributed by atoms with Gasteiger partial charge in [0, 0.05) is 28.2 Å². The lowest BCUT2D eigenvalue weighted by molar-refractivity contribution is -0.123. The topological polar surface area (TPSA) is 55.1 Å². The van der Waals surface area contributed by atoms with E-state index in [9.17, 15) is 4.79 Å². The Morgan fingerprint density at radius 3 is 2.27 bits per heavy atom. The monoisotopic (exact) mass is 386 g/mol. The van der Waals surface area contributed by atoms with Gasteiger partial charge in [-0.25, -0.2) is 0 Å². The first-order valence-corrected chi connectivity index (χ1v) is 9.08. The van der Waals surface area contributed by atoms with E-state index in [1.54, 1.807) is 12.1 Å². The first-order chi connectivity index (χ1) is 12.6. The number of hydrogen-bond acceptors (Lipinski definition) is 3. The molecule has 26 heavy (non-hydrogen) atoms. The summed E-state index contributed by atoms with van der Waals surface area (Å²) in [6, 6.07) is 16.6. The van der Waals surface area contributed by atoms with Gasteiger partial charge in [-0.3, -0.25) is 4.79 Å². The van der Waals surface area contributed by atoms with Crippen LogP contribution >= 0.6 is 23.2 Å². The molecule has 1 fully saturated rings. The van der Waals surface area contributed by atoms with Crippen molar-refractivity contribution in [2.75, 3.05) is 0 Å². The summed E-state index contributed by atoms with van der Waals surface area (Å²) in [5, 5.41) is 8.48. The third kappa shape index (κ3) is 3.35. The van der Waals surface area contributed by atoms with E-state index in [-0.39, 0.29) is 5.91 Å². The molecule has 4 rings (SSSR count). The molecule has 1 N–H and O–H groups in total. The number of nitrogens with zero attached hydrogens (tertiary/aromatic N) is 1. The van der Waals surface area contributed by atoms with E-state index in [0.29, 0.717) is 28.0 Å². The number of nitrogens with one attached hydrogen (secondary N) is 1. The smallest absolute Gasteiger partial charge is 0.232 e. The summed E-state index contributed by atoms with van der Waals surface area (Å²) in [6.07, 6.45) is 1.54. The largest absolute Gasteiger partial charge is 0.356 e. The maximum Gasteiger partial charge on any atom is 0.232 e. The summed E-state index contributed by atoms with van der Waals surface area (Å²) in [5.74, 6) is 0.608. The molecule has 2 aromatic carbocycles. The van der Waals surface area contributed by atoms with Crippen molar-refractivity contribution in [1.82, 2.24) is 10.5 Å². The number of rotatable bonds is 5. The van der Waals surface area contributed by atoms with Crippen molar-refractivity contribution in [1.29, 1.82) is 0 Å². The lowest BCUT2D eigenvalue weighted by Gasteiger charge is -2.12. The lowest BCUT2D eigenvalue weighted by Crippen LogP contribution is -2.34. The highest BCUT2D eigenvalue weighted by molar-refractivity contribution is 6.30. The first-order valence-electron chi connectivity index (χ1n) is 8.33. The van der Waals surface area contributed by atoms with Crippen LogP contribution < -0.4 is 5.32 Å². The highest BCUT2D eigenvalue weighted by atomic mass is 35.5. The highest BCUT2D eigenvalue weighted by Crippen LogP contribution is 2.48. The van der Waals surface area contributed by atoms with Crippen LogP contribution in [0.1, 0.15) is 24.1 Å². The van der Waals surface area contributed by atoms with Crippen molar-refractivity contribution in [3.05, 3.63) is 75.9 Å². The summed E-state index contributed by atoms with van der Waals surface area (Å²) in [7, 11) is 0. The molecule has 0 saturated heterocycles. The van der Waals surface area contributed by atoms with Crippen molar-refractivity contribution in [3.63, 3.8) is 0 Å². The van der Waals surface area contributed by atoms with Crippen LogP contribution in [0.25, 0.3) is 11.3 Å². The van der Waals surface area contributed by atoms with Crippen LogP contribution in [0.4, 0.5) is 0 Å². The van der Waals surface area contributed by atoms with Crippen molar-refractivity contribution in [2.24, 2.45) is 0 Å². The molecule has 3 aromatic rings. The molecule has 1 aliphatic rings. The highest BCUT2D eigenvalue weighted by Gasteiger charge is 2.53. The Morgan fingerprint density at radius 1 is 1.04 bits per heavy atom. The van der Waals surface area contributed by atoms with Crippen LogP contribution in [0.2, 0.25) is 10.0 Å². The second-order valence-corrected chi connectivity index (χ2v) is 7.35. The molecule has 6 heteroatoms. The number of hydrogen-bond donors (Lipinski definition) is 1. The number of aromatic nitrogens is 1. The Labute approximate surface area is 161 Å². The summed E-state index contributed by atoms with van der Waals surface area (Å²) >= 11 is 11.8. The number of benzene rings is 2. The van der Waals surface area contributed by atoms with Crippen LogP contribution in [0.5, 0.6) is 0 Å². The minimum Gasteiger partial charge on any atom is -0.356 e. The van der Waals surface area contributed by atoms with E-state index in [1.807, 2.05) is 42.5 Å². The summed E-state index contributed by atoms with van der Waals surface area (Å²) in [4.78, 5) is 12.7. The maximum absolute atomic E-state index is 12.7. The van der Waals surface area contributed by atoms with E-state index >= 15 is 0 Å². The summed E-state index contributed by atoms with van der Waals surface area (Å²) < 4.78 is 5.46. The number of carbonyl (C=O) groups excluding carboxylic acids is 1. The molecule has 4 nitrogen and oxygen atoms in total. The number of carbonyl (C=O) groups is 1. The maximum atomic E-state index is 12.7. The van der Waals surface area contributed by atoms with Gasteiger partial charge >= 0.3 is 0 Å². The minimum atomic E-state index is -0.583. The third-order valence-corrected chi connectivity index (χ3v) is 5.18. The molecule has 0 unspecified atom stereocenters. The third-order valence-electron chi connectivity index (χ3n) is 4.68. The molecule has 0 radical (unpaired) electrons. The molecule has 1 aromatic heterocycles. The molecule has 132 valence electrons. The normalized spacial score (nSPS) is 14.8. The zero-order valence-electron chi connectivity index (χ0n) is 13.8. The molecule has 1 aliphatic carbocycles. The molecule has 0 spiro atoms. The summed E-state index contributed by atoms with van der Waals surface area (Å²) in [5.41, 5.74) is 1.97. The standard InChI is InChI=1S/C20H16Cl2N2O2/c21-15-5-1-13(2-6-15)12-23-19(25)20(9-10-20)18-11-17(26-24-18)14-3-7-16(22)8-4-14/h1-8,11H,9-10,12H2,(H,23,25). The van der Waals surface area contributed by atoms with Gasteiger partial charge in [0.2, 0.25) is 5.91 Å². The van der Waals surface area contributed by atoms with E-state index in [2.05, 4.69) is 10.5 Å². The van der Waals surface area contributed by atoms with E-state index in [0.717, 1.165) is 24.0 Å². The number of halogens is 2. The second-order valence-electron chi connectivity index (χ2n) is 6.47. The van der Waals surface area contributed by atoms with Gasteiger partial charge < -0.3 is 9.84 Å². The number of amides is 1. The van der Waals surface area contributed by atoms with E-state index < -0.39 is 5.41 Å². The SMILES string of the molecule is O=C(NCc1ccc(Cl)cc1)C1(c2cc(-c3ccc(Cl)cc3)on2)CC1. The van der Waals surface area contributed by atoms with Gasteiger partial charge in [0.1, 0.15) is 0 Å². The fraction of sp³-hybridized carbons (Fsp3) is 0.200. The van der Waals surface area contributed by atoms with Crippen LogP contribution in [-0.2, 0) is 16.8 Å². The zero-order chi connectivity index (χ0) is 18.1. The summed E-state index contributed by atoms with van der Waals surface area (Å²) in [6.45, 7) is 0.458. The molecule has 1 amide bonds. The van der Waals surface area contributed by atoms with Crippen molar-refractivity contribution in [2.45, 2.75) is 24.8 Å². The fourth-order valence-electron chi connectivity index (χ4n) is 2.93. The lowest BCUT2D eigenvalue weighted by atomic mass is 10.00. The fourth-order valence-corrected chi connectivity index (χ4v) is 3.18. The van der Waals surface area contributed by atoms with Crippen molar-refractivity contribution < 1.29 is 9.32 Å². The van der Waals surface area contributed by atoms with E-state index in [4.69, 9.17) is 27.7 Å². The Morgan fingerprint density at radius 2 is 1.65 bits per heavy atom. The van der Waals surface area contributed by atoms with Crippen LogP contribution in [0, 0.1) is 0 Å². The molecule has 0 aliphatic heterocycles. The van der Waals surface area contributed by atoms with Gasteiger partial charge in [-0.2, -0.15) is 0 Å². The van der Waals surface area contributed by atoms with Gasteiger partial charge in [-0.15, -0.1) is 0 Å². The van der Waals surface area contributed by atoms with Crippen LogP contribution in [-0.4, -0.2) is 11.1 Å². The zero-order valence-corrected chi connectivity index (χ0v) is 15.3. The molecule has 1 saturated carbocycles. The quantitative estimate of drug-likeness (QED) is 0.671. The van der Waals surface area contributed by atoms with E-state index in [1.165, 1.54) is 0 Å². The van der Waals surface area contributed by atoms with Crippen molar-refractivity contribution in [3.8, 4) is 11.3 Å². The Balaban J connectivity index is 1.47. The Hall–Kier alpha value is -2.30. The van der Waals surface area contributed by atoms with Gasteiger partial charge in [-0.05, 0) is 54.8 Å². The second kappa shape index (κ2) is 6.78. The van der Waals surface area contributed by atoms with Gasteiger partial charge in [-0.1, -0.05) is 40.5 Å². The Bertz CT molecular complexity index is 929. The average Bonchev–Trinajstić information content (AvgIpc) is 3.32. The van der Waals surface area contributed by atoms with Crippen LogP contribution in [0.3, 0.4) is 0 Å². The molecule has 0 atom stereocenters. The molecule has 1 heterocycles. The predicted octanol–water partition coefficient (Wildman–Crippen LogP) is 5.00. The van der Waals surface area contributed by atoms with Crippen molar-refractivity contribution >= 4 is 29.1 Å². The predicted molar refractivity (Wildman–Crippen MR) is 101 cm³/mol.